The Bertz CT molecular complexity index is 514. The van der Waals surface area contributed by atoms with E-state index in [0.29, 0.717) is 17.7 Å². The van der Waals surface area contributed by atoms with Crippen LogP contribution in [0.4, 0.5) is 5.69 Å². The molecule has 1 amide bonds. The van der Waals surface area contributed by atoms with Gasteiger partial charge in [0.15, 0.2) is 0 Å². The molecule has 1 aromatic rings. The minimum absolute atomic E-state index is 0.386. The molecular formula is C11H15NO5S. The molecule has 0 spiro atoms. The van der Waals surface area contributed by atoms with E-state index in [0.717, 1.165) is 6.26 Å². The van der Waals surface area contributed by atoms with Crippen LogP contribution in [-0.4, -0.2) is 39.8 Å². The van der Waals surface area contributed by atoms with Crippen LogP contribution in [0.25, 0.3) is 0 Å². The minimum atomic E-state index is -3.61. The van der Waals surface area contributed by atoms with Gasteiger partial charge in [-0.15, -0.1) is 0 Å². The van der Waals surface area contributed by atoms with Crippen molar-refractivity contribution in [3.63, 3.8) is 0 Å². The Balaban J connectivity index is 2.91. The molecule has 0 saturated carbocycles. The number of aliphatic hydroxyl groups is 1. The van der Waals surface area contributed by atoms with Gasteiger partial charge in [-0.2, -0.15) is 8.42 Å². The van der Waals surface area contributed by atoms with Gasteiger partial charge < -0.3 is 10.0 Å². The number of benzene rings is 1. The van der Waals surface area contributed by atoms with E-state index in [1.165, 1.54) is 11.9 Å². The lowest BCUT2D eigenvalue weighted by atomic mass is 10.1. The predicted octanol–water partition coefficient (Wildman–Crippen LogP) is 0.289. The highest BCUT2D eigenvalue weighted by Crippen LogP contribution is 2.25. The van der Waals surface area contributed by atoms with Gasteiger partial charge in [0.05, 0.1) is 12.9 Å². The molecule has 0 aromatic heterocycles. The Morgan fingerprint density at radius 1 is 1.44 bits per heavy atom. The first-order chi connectivity index (χ1) is 8.35. The third kappa shape index (κ3) is 4.10. The molecule has 7 heteroatoms. The Morgan fingerprint density at radius 3 is 2.61 bits per heavy atom. The normalized spacial score (nSPS) is 13.1. The van der Waals surface area contributed by atoms with E-state index in [9.17, 15) is 18.3 Å². The molecule has 100 valence electrons. The van der Waals surface area contributed by atoms with E-state index in [-0.39, 0.29) is 6.61 Å². The van der Waals surface area contributed by atoms with Gasteiger partial charge in [-0.1, -0.05) is 18.2 Å². The average Bonchev–Trinajstić information content (AvgIpc) is 2.34. The maximum absolute atomic E-state index is 10.8. The number of rotatable bonds is 6. The predicted molar refractivity (Wildman–Crippen MR) is 66.7 cm³/mol. The Kier molecular flexibility index (Phi) is 4.83. The molecule has 18 heavy (non-hydrogen) atoms. The standard InChI is InChI=1S/C11H15NO5S/c1-12(8-13)10-6-4-3-5-9(10)11(14)7-17-18(2,15)16/h3-6,8,11,14H,7H2,1-2H3. The first-order valence-electron chi connectivity index (χ1n) is 5.14. The van der Waals surface area contributed by atoms with E-state index in [1.807, 2.05) is 0 Å². The summed E-state index contributed by atoms with van der Waals surface area (Å²) >= 11 is 0. The third-order valence-corrected chi connectivity index (χ3v) is 2.84. The number of carbonyl (C=O) groups excluding carboxylic acids is 1. The monoisotopic (exact) mass is 273 g/mol. The van der Waals surface area contributed by atoms with Gasteiger partial charge in [0.25, 0.3) is 10.1 Å². The summed E-state index contributed by atoms with van der Waals surface area (Å²) in [6.07, 6.45) is 0.380. The maximum Gasteiger partial charge on any atom is 0.264 e. The number of nitrogens with zero attached hydrogens (tertiary/aromatic N) is 1. The Labute approximate surface area is 106 Å². The zero-order valence-corrected chi connectivity index (χ0v) is 10.9. The van der Waals surface area contributed by atoms with Crippen LogP contribution in [0.2, 0.25) is 0 Å². The molecule has 1 atom stereocenters. The summed E-state index contributed by atoms with van der Waals surface area (Å²) in [5.41, 5.74) is 0.924. The second-order valence-electron chi connectivity index (χ2n) is 3.78. The van der Waals surface area contributed by atoms with E-state index >= 15 is 0 Å². The second kappa shape index (κ2) is 5.94. The number of para-hydroxylation sites is 1. The molecule has 0 bridgehead atoms. The van der Waals surface area contributed by atoms with Crippen LogP contribution >= 0.6 is 0 Å². The first kappa shape index (κ1) is 14.6. The van der Waals surface area contributed by atoms with Crippen molar-refractivity contribution in [1.82, 2.24) is 0 Å². The number of amides is 1. The zero-order valence-electron chi connectivity index (χ0n) is 10.1. The summed E-state index contributed by atoms with van der Waals surface area (Å²) in [7, 11) is -2.07. The lowest BCUT2D eigenvalue weighted by molar-refractivity contribution is -0.107. The molecule has 0 aliphatic heterocycles. The number of carbonyl (C=O) groups is 1. The van der Waals surface area contributed by atoms with Gasteiger partial charge >= 0.3 is 0 Å². The van der Waals surface area contributed by atoms with Gasteiger partial charge in [0.2, 0.25) is 6.41 Å². The molecule has 0 heterocycles. The highest BCUT2D eigenvalue weighted by Gasteiger charge is 2.16. The molecular weight excluding hydrogens is 258 g/mol. The molecule has 0 aliphatic carbocycles. The smallest absolute Gasteiger partial charge is 0.264 e. The summed E-state index contributed by atoms with van der Waals surface area (Å²) in [5, 5.41) is 9.88. The van der Waals surface area contributed by atoms with Gasteiger partial charge in [0, 0.05) is 18.3 Å². The Hall–Kier alpha value is -1.44. The van der Waals surface area contributed by atoms with Crippen LogP contribution in [0.15, 0.2) is 24.3 Å². The van der Waals surface area contributed by atoms with Crippen molar-refractivity contribution >= 4 is 22.2 Å². The van der Waals surface area contributed by atoms with Crippen LogP contribution in [0, 0.1) is 0 Å². The van der Waals surface area contributed by atoms with Crippen LogP contribution in [-0.2, 0) is 19.1 Å². The van der Waals surface area contributed by atoms with Gasteiger partial charge in [-0.05, 0) is 6.07 Å². The van der Waals surface area contributed by atoms with E-state index in [4.69, 9.17) is 0 Å². The molecule has 6 nitrogen and oxygen atoms in total. The topological polar surface area (TPSA) is 83.9 Å². The van der Waals surface area contributed by atoms with E-state index < -0.39 is 16.2 Å². The fraction of sp³-hybridized carbons (Fsp3) is 0.364. The summed E-state index contributed by atoms with van der Waals surface area (Å²) in [6.45, 7) is -0.386. The summed E-state index contributed by atoms with van der Waals surface area (Å²) in [6, 6.07) is 6.64. The molecule has 1 unspecified atom stereocenters. The molecule has 0 aliphatic rings. The lowest BCUT2D eigenvalue weighted by Gasteiger charge is -2.19. The fourth-order valence-electron chi connectivity index (χ4n) is 1.43. The van der Waals surface area contributed by atoms with Gasteiger partial charge in [0.1, 0.15) is 6.10 Å². The summed E-state index contributed by atoms with van der Waals surface area (Å²) < 4.78 is 26.2. The van der Waals surface area contributed by atoms with Crippen molar-refractivity contribution < 1.29 is 22.5 Å². The van der Waals surface area contributed by atoms with Gasteiger partial charge in [-0.25, -0.2) is 0 Å². The molecule has 0 saturated heterocycles. The summed E-state index contributed by atoms with van der Waals surface area (Å²) in [5.74, 6) is 0. The molecule has 1 N–H and O–H groups in total. The highest BCUT2D eigenvalue weighted by atomic mass is 32.2. The van der Waals surface area contributed by atoms with E-state index in [2.05, 4.69) is 4.18 Å². The maximum atomic E-state index is 10.8. The van der Waals surface area contributed by atoms with Crippen LogP contribution < -0.4 is 4.90 Å². The highest BCUT2D eigenvalue weighted by molar-refractivity contribution is 7.85. The van der Waals surface area contributed by atoms with Crippen molar-refractivity contribution in [2.45, 2.75) is 6.10 Å². The zero-order chi connectivity index (χ0) is 13.8. The molecule has 0 radical (unpaired) electrons. The number of hydrogen-bond acceptors (Lipinski definition) is 5. The molecule has 0 fully saturated rings. The average molecular weight is 273 g/mol. The quantitative estimate of drug-likeness (QED) is 0.595. The molecule has 1 rings (SSSR count). The van der Waals surface area contributed by atoms with Crippen LogP contribution in [0.3, 0.4) is 0 Å². The SMILES string of the molecule is CN(C=O)c1ccccc1C(O)COS(C)(=O)=O. The van der Waals surface area contributed by atoms with Gasteiger partial charge in [-0.3, -0.25) is 8.98 Å². The largest absolute Gasteiger partial charge is 0.386 e. The summed E-state index contributed by atoms with van der Waals surface area (Å²) in [4.78, 5) is 12.0. The first-order valence-corrected chi connectivity index (χ1v) is 6.96. The number of anilines is 1. The fourth-order valence-corrected chi connectivity index (χ4v) is 1.80. The third-order valence-electron chi connectivity index (χ3n) is 2.27. The number of hydrogen-bond donors (Lipinski definition) is 1. The second-order valence-corrected chi connectivity index (χ2v) is 5.42. The Morgan fingerprint density at radius 2 is 2.06 bits per heavy atom. The van der Waals surface area contributed by atoms with Crippen molar-refractivity contribution in [2.24, 2.45) is 0 Å². The van der Waals surface area contributed by atoms with Crippen molar-refractivity contribution in [2.75, 3.05) is 24.8 Å². The lowest BCUT2D eigenvalue weighted by Crippen LogP contribution is -2.19. The van der Waals surface area contributed by atoms with Crippen molar-refractivity contribution in [1.29, 1.82) is 0 Å². The van der Waals surface area contributed by atoms with Crippen molar-refractivity contribution in [3.05, 3.63) is 29.8 Å². The van der Waals surface area contributed by atoms with Crippen molar-refractivity contribution in [3.8, 4) is 0 Å². The molecule has 1 aromatic carbocycles. The minimum Gasteiger partial charge on any atom is -0.386 e. The van der Waals surface area contributed by atoms with Crippen LogP contribution in [0.1, 0.15) is 11.7 Å². The van der Waals surface area contributed by atoms with E-state index in [1.54, 1.807) is 24.3 Å². The van der Waals surface area contributed by atoms with Crippen LogP contribution in [0.5, 0.6) is 0 Å². The number of aliphatic hydroxyl groups excluding tert-OH is 1.